The number of amides is 1. The van der Waals surface area contributed by atoms with Crippen molar-refractivity contribution in [2.45, 2.75) is 11.8 Å². The fourth-order valence-electron chi connectivity index (χ4n) is 1.62. The van der Waals surface area contributed by atoms with E-state index in [0.29, 0.717) is 10.7 Å². The highest BCUT2D eigenvalue weighted by Crippen LogP contribution is 2.13. The second-order valence-corrected chi connectivity index (χ2v) is 7.62. The van der Waals surface area contributed by atoms with Crippen LogP contribution < -0.4 is 10.0 Å². The number of hydrogen-bond donors (Lipinski definition) is 2. The van der Waals surface area contributed by atoms with Gasteiger partial charge in [-0.15, -0.1) is 11.3 Å². The van der Waals surface area contributed by atoms with Gasteiger partial charge in [0.05, 0.1) is 9.90 Å². The molecule has 2 N–H and O–H groups in total. The molecule has 2 rings (SSSR count). The lowest BCUT2D eigenvalue weighted by atomic mass is 10.4. The molecular weight excluding hydrogens is 346 g/mol. The van der Waals surface area contributed by atoms with Gasteiger partial charge >= 0.3 is 0 Å². The molecule has 1 heterocycles. The number of aromatic nitrogens is 1. The van der Waals surface area contributed by atoms with Crippen molar-refractivity contribution in [1.29, 1.82) is 0 Å². The summed E-state index contributed by atoms with van der Waals surface area (Å²) in [7, 11) is -3.61. The number of aryl methyl sites for hydroxylation is 1. The highest BCUT2D eigenvalue weighted by Gasteiger charge is 2.13. The zero-order chi connectivity index (χ0) is 16.2. The summed E-state index contributed by atoms with van der Waals surface area (Å²) in [4.78, 5) is 15.9. The lowest BCUT2D eigenvalue weighted by molar-refractivity contribution is 0.0950. The minimum atomic E-state index is -3.61. The SMILES string of the molecule is Cc1nc(C(=O)NCCNS(=O)(=O)c2ccc(Cl)cc2)cs1. The second-order valence-electron chi connectivity index (χ2n) is 4.36. The smallest absolute Gasteiger partial charge is 0.270 e. The zero-order valence-electron chi connectivity index (χ0n) is 11.7. The molecule has 0 bridgehead atoms. The molecule has 22 heavy (non-hydrogen) atoms. The van der Waals surface area contributed by atoms with Crippen molar-refractivity contribution in [2.24, 2.45) is 0 Å². The Labute approximate surface area is 137 Å². The molecule has 9 heteroatoms. The standard InChI is InChI=1S/C13H14ClN3O3S2/c1-9-17-12(8-21-9)13(18)15-6-7-16-22(19,20)11-4-2-10(14)3-5-11/h2-5,8,16H,6-7H2,1H3,(H,15,18). The molecule has 0 spiro atoms. The monoisotopic (exact) mass is 359 g/mol. The molecule has 0 atom stereocenters. The Morgan fingerprint density at radius 1 is 1.27 bits per heavy atom. The number of thiazole rings is 1. The fourth-order valence-corrected chi connectivity index (χ4v) is 3.37. The molecule has 0 aliphatic rings. The van der Waals surface area contributed by atoms with Crippen molar-refractivity contribution in [3.63, 3.8) is 0 Å². The molecule has 1 amide bonds. The largest absolute Gasteiger partial charge is 0.349 e. The maximum absolute atomic E-state index is 12.0. The van der Waals surface area contributed by atoms with Crippen molar-refractivity contribution in [1.82, 2.24) is 15.0 Å². The molecule has 2 aromatic rings. The Balaban J connectivity index is 1.83. The number of carbonyl (C=O) groups is 1. The van der Waals surface area contributed by atoms with Gasteiger partial charge in [0, 0.05) is 23.5 Å². The Kier molecular flexibility index (Phi) is 5.52. The Bertz CT molecular complexity index is 757. The first-order chi connectivity index (χ1) is 10.4. The summed E-state index contributed by atoms with van der Waals surface area (Å²) in [5.41, 5.74) is 0.336. The van der Waals surface area contributed by atoms with Crippen molar-refractivity contribution in [2.75, 3.05) is 13.1 Å². The van der Waals surface area contributed by atoms with E-state index >= 15 is 0 Å². The van der Waals surface area contributed by atoms with Gasteiger partial charge in [0.15, 0.2) is 0 Å². The number of nitrogens with one attached hydrogen (secondary N) is 2. The molecule has 118 valence electrons. The minimum absolute atomic E-state index is 0.0832. The van der Waals surface area contributed by atoms with Crippen LogP contribution in [0.3, 0.4) is 0 Å². The molecule has 0 saturated carbocycles. The molecule has 0 aliphatic heterocycles. The first kappa shape index (κ1) is 16.9. The maximum Gasteiger partial charge on any atom is 0.270 e. The summed E-state index contributed by atoms with van der Waals surface area (Å²) in [5, 5.41) is 5.52. The van der Waals surface area contributed by atoms with Gasteiger partial charge in [0.25, 0.3) is 5.91 Å². The summed E-state index contributed by atoms with van der Waals surface area (Å²) in [6, 6.07) is 5.84. The third-order valence-electron chi connectivity index (χ3n) is 2.68. The highest BCUT2D eigenvalue weighted by molar-refractivity contribution is 7.89. The van der Waals surface area contributed by atoms with Gasteiger partial charge in [-0.05, 0) is 31.2 Å². The molecule has 0 aliphatic carbocycles. The third kappa shape index (κ3) is 4.51. The lowest BCUT2D eigenvalue weighted by Gasteiger charge is -2.07. The summed E-state index contributed by atoms with van der Waals surface area (Å²) in [6.07, 6.45) is 0. The Hall–Kier alpha value is -1.48. The summed E-state index contributed by atoms with van der Waals surface area (Å²) < 4.78 is 26.4. The van der Waals surface area contributed by atoms with E-state index in [4.69, 9.17) is 11.6 Å². The van der Waals surface area contributed by atoms with Gasteiger partial charge in [0.2, 0.25) is 10.0 Å². The normalized spacial score (nSPS) is 11.4. The molecule has 0 unspecified atom stereocenters. The topological polar surface area (TPSA) is 88.2 Å². The zero-order valence-corrected chi connectivity index (χ0v) is 14.1. The van der Waals surface area contributed by atoms with Crippen LogP contribution in [-0.2, 0) is 10.0 Å². The van der Waals surface area contributed by atoms with Crippen LogP contribution in [0.4, 0.5) is 0 Å². The highest BCUT2D eigenvalue weighted by atomic mass is 35.5. The van der Waals surface area contributed by atoms with Gasteiger partial charge in [-0.1, -0.05) is 11.6 Å². The van der Waals surface area contributed by atoms with E-state index in [-0.39, 0.29) is 23.9 Å². The summed E-state index contributed by atoms with van der Waals surface area (Å²) >= 11 is 7.10. The van der Waals surface area contributed by atoms with E-state index in [2.05, 4.69) is 15.0 Å². The number of carbonyl (C=O) groups excluding carboxylic acids is 1. The van der Waals surface area contributed by atoms with E-state index in [1.54, 1.807) is 5.38 Å². The average Bonchev–Trinajstić information content (AvgIpc) is 2.90. The van der Waals surface area contributed by atoms with Crippen LogP contribution in [0, 0.1) is 6.92 Å². The number of hydrogen-bond acceptors (Lipinski definition) is 5. The fraction of sp³-hybridized carbons (Fsp3) is 0.231. The van der Waals surface area contributed by atoms with E-state index in [0.717, 1.165) is 5.01 Å². The van der Waals surface area contributed by atoms with E-state index in [9.17, 15) is 13.2 Å². The van der Waals surface area contributed by atoms with Crippen molar-refractivity contribution >= 4 is 38.9 Å². The van der Waals surface area contributed by atoms with Crippen molar-refractivity contribution in [3.05, 3.63) is 45.4 Å². The molecule has 1 aromatic heterocycles. The number of benzene rings is 1. The average molecular weight is 360 g/mol. The second kappa shape index (κ2) is 7.19. The Morgan fingerprint density at radius 2 is 1.95 bits per heavy atom. The number of halogens is 1. The van der Waals surface area contributed by atoms with Crippen molar-refractivity contribution in [3.8, 4) is 0 Å². The molecule has 0 saturated heterocycles. The summed E-state index contributed by atoms with van der Waals surface area (Å²) in [5.74, 6) is -0.324. The molecule has 6 nitrogen and oxygen atoms in total. The van der Waals surface area contributed by atoms with E-state index in [1.807, 2.05) is 6.92 Å². The van der Waals surface area contributed by atoms with Crippen LogP contribution in [0.1, 0.15) is 15.5 Å². The quantitative estimate of drug-likeness (QED) is 0.770. The number of nitrogens with zero attached hydrogens (tertiary/aromatic N) is 1. The van der Waals surface area contributed by atoms with Gasteiger partial charge in [-0.2, -0.15) is 0 Å². The van der Waals surface area contributed by atoms with Crippen LogP contribution in [0.5, 0.6) is 0 Å². The van der Waals surface area contributed by atoms with Crippen LogP contribution in [0.15, 0.2) is 34.5 Å². The van der Waals surface area contributed by atoms with Gasteiger partial charge in [-0.25, -0.2) is 18.1 Å². The molecule has 0 radical (unpaired) electrons. The Morgan fingerprint density at radius 3 is 2.55 bits per heavy atom. The molecular formula is C13H14ClN3O3S2. The first-order valence-corrected chi connectivity index (χ1v) is 9.08. The van der Waals surface area contributed by atoms with Crippen LogP contribution in [0.25, 0.3) is 0 Å². The lowest BCUT2D eigenvalue weighted by Crippen LogP contribution is -2.34. The van der Waals surface area contributed by atoms with Gasteiger partial charge < -0.3 is 5.32 Å². The minimum Gasteiger partial charge on any atom is -0.349 e. The maximum atomic E-state index is 12.0. The van der Waals surface area contributed by atoms with Crippen molar-refractivity contribution < 1.29 is 13.2 Å². The van der Waals surface area contributed by atoms with Crippen LogP contribution >= 0.6 is 22.9 Å². The molecule has 1 aromatic carbocycles. The van der Waals surface area contributed by atoms with Crippen LogP contribution in [0.2, 0.25) is 5.02 Å². The molecule has 0 fully saturated rings. The number of sulfonamides is 1. The predicted molar refractivity (Wildman–Crippen MR) is 85.8 cm³/mol. The van der Waals surface area contributed by atoms with Gasteiger partial charge in [-0.3, -0.25) is 4.79 Å². The summed E-state index contributed by atoms with van der Waals surface area (Å²) in [6.45, 7) is 2.06. The number of rotatable bonds is 6. The van der Waals surface area contributed by atoms with E-state index in [1.165, 1.54) is 35.6 Å². The predicted octanol–water partition coefficient (Wildman–Crippen LogP) is 1.81. The van der Waals surface area contributed by atoms with Crippen LogP contribution in [-0.4, -0.2) is 32.4 Å². The van der Waals surface area contributed by atoms with Gasteiger partial charge in [0.1, 0.15) is 5.69 Å². The first-order valence-electron chi connectivity index (χ1n) is 6.34. The van der Waals surface area contributed by atoms with E-state index < -0.39 is 10.0 Å². The third-order valence-corrected chi connectivity index (χ3v) is 5.18.